The van der Waals surface area contributed by atoms with Crippen LogP contribution in [0.1, 0.15) is 11.3 Å². The minimum absolute atomic E-state index is 0.328. The first-order valence-electron chi connectivity index (χ1n) is 6.25. The molecule has 0 fully saturated rings. The van der Waals surface area contributed by atoms with E-state index in [1.165, 1.54) is 0 Å². The quantitative estimate of drug-likeness (QED) is 0.855. The highest BCUT2D eigenvalue weighted by Crippen LogP contribution is 2.15. The molecule has 0 aliphatic heterocycles. The normalized spacial score (nSPS) is 10.7. The van der Waals surface area contributed by atoms with Crippen LogP contribution in [0.25, 0.3) is 0 Å². The van der Waals surface area contributed by atoms with Gasteiger partial charge in [-0.2, -0.15) is 0 Å². The molecule has 19 heavy (non-hydrogen) atoms. The number of rotatable bonds is 5. The van der Waals surface area contributed by atoms with E-state index in [1.807, 2.05) is 50.4 Å². The van der Waals surface area contributed by atoms with Crippen molar-refractivity contribution in [2.24, 2.45) is 7.05 Å². The fourth-order valence-electron chi connectivity index (χ4n) is 2.00. The van der Waals surface area contributed by atoms with Crippen molar-refractivity contribution < 1.29 is 5.11 Å². The average Bonchev–Trinajstić information content (AvgIpc) is 2.74. The standard InChI is InChI=1S/C14H20N4O/c1-17(2)14-16-10-12(18(14)3)9-15-8-11-6-4-5-7-13(11)19/h4-7,10,15,19H,8-9H2,1-3H3. The smallest absolute Gasteiger partial charge is 0.204 e. The molecule has 0 bridgehead atoms. The van der Waals surface area contributed by atoms with Crippen molar-refractivity contribution in [3.63, 3.8) is 0 Å². The number of benzene rings is 1. The molecule has 1 heterocycles. The number of anilines is 1. The lowest BCUT2D eigenvalue weighted by Gasteiger charge is -2.13. The van der Waals surface area contributed by atoms with Crippen LogP contribution >= 0.6 is 0 Å². The summed E-state index contributed by atoms with van der Waals surface area (Å²) < 4.78 is 2.05. The molecule has 0 saturated carbocycles. The second-order valence-corrected chi connectivity index (χ2v) is 4.74. The average molecular weight is 260 g/mol. The Bertz CT molecular complexity index is 548. The molecule has 0 atom stereocenters. The van der Waals surface area contributed by atoms with E-state index >= 15 is 0 Å². The third-order valence-electron chi connectivity index (χ3n) is 3.07. The number of nitrogens with zero attached hydrogens (tertiary/aromatic N) is 3. The fourth-order valence-corrected chi connectivity index (χ4v) is 2.00. The molecule has 0 unspecified atom stereocenters. The van der Waals surface area contributed by atoms with Crippen LogP contribution in [0.5, 0.6) is 5.75 Å². The molecule has 5 heteroatoms. The van der Waals surface area contributed by atoms with Crippen LogP contribution in [0.15, 0.2) is 30.5 Å². The monoisotopic (exact) mass is 260 g/mol. The molecule has 2 aromatic rings. The number of phenolic OH excluding ortho intramolecular Hbond substituents is 1. The molecular formula is C14H20N4O. The van der Waals surface area contributed by atoms with Gasteiger partial charge in [-0.05, 0) is 6.07 Å². The Balaban J connectivity index is 1.95. The van der Waals surface area contributed by atoms with Crippen molar-refractivity contribution in [3.8, 4) is 5.75 Å². The molecule has 1 aromatic carbocycles. The maximum absolute atomic E-state index is 9.67. The van der Waals surface area contributed by atoms with Crippen LogP contribution in [0.4, 0.5) is 5.95 Å². The number of hydrogen-bond acceptors (Lipinski definition) is 4. The van der Waals surface area contributed by atoms with E-state index in [1.54, 1.807) is 6.07 Å². The number of imidazole rings is 1. The Labute approximate surface area is 113 Å². The summed E-state index contributed by atoms with van der Waals surface area (Å²) in [5.74, 6) is 1.26. The van der Waals surface area contributed by atoms with Crippen LogP contribution in [0.3, 0.4) is 0 Å². The fraction of sp³-hybridized carbons (Fsp3) is 0.357. The van der Waals surface area contributed by atoms with Gasteiger partial charge in [-0.15, -0.1) is 0 Å². The minimum atomic E-state index is 0.328. The first-order valence-corrected chi connectivity index (χ1v) is 6.25. The van der Waals surface area contributed by atoms with E-state index in [9.17, 15) is 5.11 Å². The van der Waals surface area contributed by atoms with Gasteiger partial charge in [-0.25, -0.2) is 4.98 Å². The molecule has 2 N–H and O–H groups in total. The van der Waals surface area contributed by atoms with Crippen molar-refractivity contribution in [3.05, 3.63) is 41.7 Å². The maximum Gasteiger partial charge on any atom is 0.204 e. The van der Waals surface area contributed by atoms with Gasteiger partial charge in [0.25, 0.3) is 0 Å². The number of hydrogen-bond donors (Lipinski definition) is 2. The third-order valence-corrected chi connectivity index (χ3v) is 3.07. The maximum atomic E-state index is 9.67. The van der Waals surface area contributed by atoms with Crippen molar-refractivity contribution in [1.82, 2.24) is 14.9 Å². The van der Waals surface area contributed by atoms with Gasteiger partial charge in [-0.1, -0.05) is 18.2 Å². The topological polar surface area (TPSA) is 53.3 Å². The van der Waals surface area contributed by atoms with Crippen molar-refractivity contribution in [2.75, 3.05) is 19.0 Å². The first-order chi connectivity index (χ1) is 9.09. The molecule has 2 rings (SSSR count). The summed E-state index contributed by atoms with van der Waals surface area (Å²) in [5.41, 5.74) is 2.01. The number of aromatic nitrogens is 2. The molecule has 0 saturated heterocycles. The highest BCUT2D eigenvalue weighted by molar-refractivity contribution is 5.32. The first kappa shape index (κ1) is 13.4. The molecule has 5 nitrogen and oxygen atoms in total. The Hall–Kier alpha value is -2.01. The van der Waals surface area contributed by atoms with E-state index in [4.69, 9.17) is 0 Å². The van der Waals surface area contributed by atoms with Gasteiger partial charge in [0.2, 0.25) is 5.95 Å². The van der Waals surface area contributed by atoms with Crippen LogP contribution in [-0.4, -0.2) is 28.8 Å². The number of nitrogens with one attached hydrogen (secondary N) is 1. The zero-order valence-corrected chi connectivity index (χ0v) is 11.6. The summed E-state index contributed by atoms with van der Waals surface area (Å²) >= 11 is 0. The zero-order valence-electron chi connectivity index (χ0n) is 11.6. The molecular weight excluding hydrogens is 240 g/mol. The van der Waals surface area contributed by atoms with Crippen LogP contribution in [0, 0.1) is 0 Å². The van der Waals surface area contributed by atoms with E-state index in [2.05, 4.69) is 14.9 Å². The summed E-state index contributed by atoms with van der Waals surface area (Å²) in [7, 11) is 5.95. The third kappa shape index (κ3) is 3.06. The summed E-state index contributed by atoms with van der Waals surface area (Å²) in [6.45, 7) is 1.35. The number of aromatic hydroxyl groups is 1. The van der Waals surface area contributed by atoms with Crippen LogP contribution in [-0.2, 0) is 20.1 Å². The van der Waals surface area contributed by atoms with Crippen LogP contribution < -0.4 is 10.2 Å². The van der Waals surface area contributed by atoms with Gasteiger partial charge in [-0.3, -0.25) is 0 Å². The van der Waals surface area contributed by atoms with Gasteiger partial charge in [0.05, 0.1) is 11.9 Å². The van der Waals surface area contributed by atoms with Gasteiger partial charge in [0.1, 0.15) is 5.75 Å². The Morgan fingerprint density at radius 2 is 2.00 bits per heavy atom. The number of phenols is 1. The van der Waals surface area contributed by atoms with E-state index in [0.717, 1.165) is 17.2 Å². The minimum Gasteiger partial charge on any atom is -0.508 e. The summed E-state index contributed by atoms with van der Waals surface area (Å²) in [4.78, 5) is 6.34. The van der Waals surface area contributed by atoms with Crippen LogP contribution in [0.2, 0.25) is 0 Å². The van der Waals surface area contributed by atoms with E-state index in [-0.39, 0.29) is 0 Å². The Morgan fingerprint density at radius 3 is 2.63 bits per heavy atom. The number of para-hydroxylation sites is 1. The lowest BCUT2D eigenvalue weighted by atomic mass is 10.2. The second-order valence-electron chi connectivity index (χ2n) is 4.74. The summed E-state index contributed by atoms with van der Waals surface area (Å²) in [6.07, 6.45) is 1.87. The van der Waals surface area contributed by atoms with Crippen molar-refractivity contribution >= 4 is 5.95 Å². The Kier molecular flexibility index (Phi) is 4.06. The summed E-state index contributed by atoms with van der Waals surface area (Å²) in [5, 5.41) is 13.0. The molecule has 102 valence electrons. The van der Waals surface area contributed by atoms with Crippen molar-refractivity contribution in [1.29, 1.82) is 0 Å². The molecule has 0 amide bonds. The summed E-state index contributed by atoms with van der Waals surface area (Å²) in [6, 6.07) is 7.36. The Morgan fingerprint density at radius 1 is 1.26 bits per heavy atom. The van der Waals surface area contributed by atoms with Gasteiger partial charge < -0.3 is 19.9 Å². The SMILES string of the molecule is CN(C)c1ncc(CNCc2ccccc2O)n1C. The van der Waals surface area contributed by atoms with Gasteiger partial charge in [0.15, 0.2) is 0 Å². The highest BCUT2D eigenvalue weighted by atomic mass is 16.3. The molecule has 0 spiro atoms. The predicted molar refractivity (Wildman–Crippen MR) is 76.2 cm³/mol. The molecule has 0 aliphatic carbocycles. The van der Waals surface area contributed by atoms with Gasteiger partial charge >= 0.3 is 0 Å². The highest BCUT2D eigenvalue weighted by Gasteiger charge is 2.07. The van der Waals surface area contributed by atoms with E-state index in [0.29, 0.717) is 18.8 Å². The van der Waals surface area contributed by atoms with E-state index < -0.39 is 0 Å². The molecule has 0 aliphatic rings. The molecule has 1 aromatic heterocycles. The second kappa shape index (κ2) is 5.75. The van der Waals surface area contributed by atoms with Gasteiger partial charge in [0, 0.05) is 39.8 Å². The van der Waals surface area contributed by atoms with Crippen molar-refractivity contribution in [2.45, 2.75) is 13.1 Å². The largest absolute Gasteiger partial charge is 0.508 e. The zero-order chi connectivity index (χ0) is 13.8. The lowest BCUT2D eigenvalue weighted by molar-refractivity contribution is 0.464. The lowest BCUT2D eigenvalue weighted by Crippen LogP contribution is -2.18. The predicted octanol–water partition coefficient (Wildman–Crippen LogP) is 1.48. The molecule has 0 radical (unpaired) electrons.